The molecule has 0 amide bonds. The Morgan fingerprint density at radius 3 is 2.56 bits per heavy atom. The van der Waals surface area contributed by atoms with Gasteiger partial charge in [-0.1, -0.05) is 11.6 Å². The fourth-order valence-electron chi connectivity index (χ4n) is 1.26. The Morgan fingerprint density at radius 1 is 1.44 bits per heavy atom. The summed E-state index contributed by atoms with van der Waals surface area (Å²) in [6, 6.07) is 2.57. The lowest BCUT2D eigenvalue weighted by molar-refractivity contribution is -0.147. The maximum atomic E-state index is 12.3. The SMILES string of the molecule is COc1ccc(Cl)cc1CC(N)C(F)(F)F. The average molecular weight is 254 g/mol. The summed E-state index contributed by atoms with van der Waals surface area (Å²) in [5.41, 5.74) is 5.38. The zero-order valence-electron chi connectivity index (χ0n) is 8.51. The van der Waals surface area contributed by atoms with Gasteiger partial charge in [-0.05, 0) is 30.2 Å². The van der Waals surface area contributed by atoms with Crippen molar-refractivity contribution in [1.29, 1.82) is 0 Å². The molecule has 0 heterocycles. The molecule has 1 aromatic carbocycles. The molecule has 2 N–H and O–H groups in total. The summed E-state index contributed by atoms with van der Waals surface area (Å²) in [7, 11) is 1.38. The van der Waals surface area contributed by atoms with Crippen molar-refractivity contribution < 1.29 is 17.9 Å². The first-order chi connectivity index (χ1) is 7.34. The molecule has 0 aromatic heterocycles. The first kappa shape index (κ1) is 13.1. The summed E-state index contributed by atoms with van der Waals surface area (Å²) in [5.74, 6) is 0.351. The molecular weight excluding hydrogens is 243 g/mol. The molecule has 16 heavy (non-hydrogen) atoms. The summed E-state index contributed by atoms with van der Waals surface area (Å²) in [6.07, 6.45) is -4.78. The fraction of sp³-hybridized carbons (Fsp3) is 0.400. The third kappa shape index (κ3) is 3.28. The molecule has 0 aliphatic carbocycles. The Hall–Kier alpha value is -0.940. The highest BCUT2D eigenvalue weighted by atomic mass is 35.5. The minimum atomic E-state index is -4.42. The molecule has 0 bridgehead atoms. The number of methoxy groups -OCH3 is 1. The summed E-state index contributed by atoms with van der Waals surface area (Å²) in [6.45, 7) is 0. The van der Waals surface area contributed by atoms with Crippen LogP contribution in [0.5, 0.6) is 5.75 Å². The van der Waals surface area contributed by atoms with E-state index in [-0.39, 0.29) is 6.42 Å². The first-order valence-corrected chi connectivity index (χ1v) is 4.87. The van der Waals surface area contributed by atoms with Crippen LogP contribution in [0.25, 0.3) is 0 Å². The molecule has 2 nitrogen and oxygen atoms in total. The first-order valence-electron chi connectivity index (χ1n) is 4.49. The van der Waals surface area contributed by atoms with Crippen molar-refractivity contribution in [2.75, 3.05) is 7.11 Å². The second kappa shape index (κ2) is 4.93. The molecule has 1 atom stereocenters. The molecule has 0 spiro atoms. The van der Waals surface area contributed by atoms with Gasteiger partial charge in [0.15, 0.2) is 0 Å². The lowest BCUT2D eigenvalue weighted by atomic mass is 10.1. The normalized spacial score (nSPS) is 13.6. The number of halogens is 4. The van der Waals surface area contributed by atoms with Gasteiger partial charge in [-0.15, -0.1) is 0 Å². The molecule has 0 aliphatic heterocycles. The van der Waals surface area contributed by atoms with Crippen LogP contribution in [-0.2, 0) is 6.42 Å². The van der Waals surface area contributed by atoms with Gasteiger partial charge >= 0.3 is 6.18 Å². The predicted octanol–water partition coefficient (Wildman–Crippen LogP) is 2.78. The average Bonchev–Trinajstić information content (AvgIpc) is 2.16. The van der Waals surface area contributed by atoms with E-state index in [1.165, 1.54) is 19.2 Å². The number of hydrogen-bond acceptors (Lipinski definition) is 2. The third-order valence-corrected chi connectivity index (χ3v) is 2.34. The van der Waals surface area contributed by atoms with E-state index in [1.807, 2.05) is 0 Å². The van der Waals surface area contributed by atoms with Crippen molar-refractivity contribution >= 4 is 11.6 Å². The van der Waals surface area contributed by atoms with Crippen molar-refractivity contribution in [3.63, 3.8) is 0 Å². The minimum Gasteiger partial charge on any atom is -0.496 e. The highest BCUT2D eigenvalue weighted by Crippen LogP contribution is 2.27. The van der Waals surface area contributed by atoms with Gasteiger partial charge in [-0.25, -0.2) is 0 Å². The van der Waals surface area contributed by atoms with Crippen LogP contribution in [0.4, 0.5) is 13.2 Å². The molecule has 0 saturated carbocycles. The number of rotatable bonds is 3. The molecule has 0 fully saturated rings. The Labute approximate surface area is 96.1 Å². The van der Waals surface area contributed by atoms with Crippen LogP contribution in [0.1, 0.15) is 5.56 Å². The number of hydrogen-bond donors (Lipinski definition) is 1. The van der Waals surface area contributed by atoms with E-state index in [9.17, 15) is 13.2 Å². The van der Waals surface area contributed by atoms with Crippen LogP contribution in [0.2, 0.25) is 5.02 Å². The molecule has 90 valence electrons. The molecule has 1 aromatic rings. The Balaban J connectivity index is 2.91. The lowest BCUT2D eigenvalue weighted by Crippen LogP contribution is -2.39. The van der Waals surface area contributed by atoms with Gasteiger partial charge in [-0.3, -0.25) is 0 Å². The molecule has 0 radical (unpaired) electrons. The second-order valence-corrected chi connectivity index (χ2v) is 3.74. The Kier molecular flexibility index (Phi) is 4.04. The van der Waals surface area contributed by atoms with Crippen LogP contribution in [0.15, 0.2) is 18.2 Å². The summed E-state index contributed by atoms with van der Waals surface area (Å²) in [4.78, 5) is 0. The molecule has 6 heteroatoms. The van der Waals surface area contributed by atoms with Gasteiger partial charge in [0, 0.05) is 5.02 Å². The topological polar surface area (TPSA) is 35.2 Å². The van der Waals surface area contributed by atoms with Gasteiger partial charge in [0.05, 0.1) is 7.11 Å². The van der Waals surface area contributed by atoms with E-state index >= 15 is 0 Å². The van der Waals surface area contributed by atoms with Crippen molar-refractivity contribution in [3.8, 4) is 5.75 Å². The third-order valence-electron chi connectivity index (χ3n) is 2.10. The van der Waals surface area contributed by atoms with Crippen LogP contribution < -0.4 is 10.5 Å². The summed E-state index contributed by atoms with van der Waals surface area (Å²) >= 11 is 5.69. The maximum absolute atomic E-state index is 12.3. The van der Waals surface area contributed by atoms with Crippen molar-refractivity contribution in [2.24, 2.45) is 5.73 Å². The summed E-state index contributed by atoms with van der Waals surface area (Å²) < 4.78 is 41.7. The van der Waals surface area contributed by atoms with E-state index < -0.39 is 12.2 Å². The highest BCUT2D eigenvalue weighted by molar-refractivity contribution is 6.30. The van der Waals surface area contributed by atoms with E-state index in [0.717, 1.165) is 0 Å². The van der Waals surface area contributed by atoms with Crippen LogP contribution in [0, 0.1) is 0 Å². The van der Waals surface area contributed by atoms with Crippen molar-refractivity contribution in [3.05, 3.63) is 28.8 Å². The molecular formula is C10H11ClF3NO. The number of nitrogens with two attached hydrogens (primary N) is 1. The number of alkyl halides is 3. The van der Waals surface area contributed by atoms with Crippen LogP contribution >= 0.6 is 11.6 Å². The van der Waals surface area contributed by atoms with Gasteiger partial charge in [0.2, 0.25) is 0 Å². The van der Waals surface area contributed by atoms with Crippen LogP contribution in [0.3, 0.4) is 0 Å². The quantitative estimate of drug-likeness (QED) is 0.899. The zero-order chi connectivity index (χ0) is 12.3. The van der Waals surface area contributed by atoms with Gasteiger partial charge in [-0.2, -0.15) is 13.2 Å². The van der Waals surface area contributed by atoms with Crippen LogP contribution in [-0.4, -0.2) is 19.3 Å². The molecule has 0 saturated heterocycles. The summed E-state index contributed by atoms with van der Waals surface area (Å²) in [5, 5.41) is 0.352. The maximum Gasteiger partial charge on any atom is 0.403 e. The highest BCUT2D eigenvalue weighted by Gasteiger charge is 2.37. The predicted molar refractivity (Wildman–Crippen MR) is 55.7 cm³/mol. The largest absolute Gasteiger partial charge is 0.496 e. The smallest absolute Gasteiger partial charge is 0.403 e. The lowest BCUT2D eigenvalue weighted by Gasteiger charge is -2.17. The van der Waals surface area contributed by atoms with Gasteiger partial charge < -0.3 is 10.5 Å². The van der Waals surface area contributed by atoms with Crippen molar-refractivity contribution in [1.82, 2.24) is 0 Å². The molecule has 0 aliphatic rings. The molecule has 1 unspecified atom stereocenters. The van der Waals surface area contributed by atoms with E-state index in [0.29, 0.717) is 16.3 Å². The van der Waals surface area contributed by atoms with E-state index in [4.69, 9.17) is 22.1 Å². The number of benzene rings is 1. The van der Waals surface area contributed by atoms with Gasteiger partial charge in [0.25, 0.3) is 0 Å². The number of ether oxygens (including phenoxy) is 1. The Bertz CT molecular complexity index is 368. The fourth-order valence-corrected chi connectivity index (χ4v) is 1.45. The zero-order valence-corrected chi connectivity index (χ0v) is 9.27. The second-order valence-electron chi connectivity index (χ2n) is 3.31. The molecule has 1 rings (SSSR count). The minimum absolute atomic E-state index is 0.347. The monoisotopic (exact) mass is 253 g/mol. The standard InChI is InChI=1S/C10H11ClF3NO/c1-16-8-3-2-7(11)4-6(8)5-9(15)10(12,13)14/h2-4,9H,5,15H2,1H3. The Morgan fingerprint density at radius 2 is 2.06 bits per heavy atom. The van der Waals surface area contributed by atoms with E-state index in [1.54, 1.807) is 6.07 Å². The van der Waals surface area contributed by atoms with Gasteiger partial charge in [0.1, 0.15) is 11.8 Å². The van der Waals surface area contributed by atoms with Crippen molar-refractivity contribution in [2.45, 2.75) is 18.6 Å². The van der Waals surface area contributed by atoms with E-state index in [2.05, 4.69) is 0 Å².